The van der Waals surface area contributed by atoms with Crippen LogP contribution < -0.4 is 20.1 Å². The van der Waals surface area contributed by atoms with Crippen molar-refractivity contribution in [3.8, 4) is 11.5 Å². The SMILES string of the molecule is COc1ccc(CC(=O)NCc2ccccc2NC(=O)c2cccnc2)cc1OC. The molecule has 7 nitrogen and oxygen atoms in total. The van der Waals surface area contributed by atoms with Gasteiger partial charge in [-0.3, -0.25) is 14.6 Å². The second-order valence-electron chi connectivity index (χ2n) is 6.50. The van der Waals surface area contributed by atoms with Crippen LogP contribution in [-0.4, -0.2) is 31.0 Å². The largest absolute Gasteiger partial charge is 0.493 e. The topological polar surface area (TPSA) is 89.6 Å². The number of nitrogens with zero attached hydrogens (tertiary/aromatic N) is 1. The first-order chi connectivity index (χ1) is 14.6. The van der Waals surface area contributed by atoms with Gasteiger partial charge in [0.2, 0.25) is 5.91 Å². The third-order valence-electron chi connectivity index (χ3n) is 4.48. The van der Waals surface area contributed by atoms with E-state index in [0.717, 1.165) is 11.1 Å². The summed E-state index contributed by atoms with van der Waals surface area (Å²) in [7, 11) is 3.12. The predicted molar refractivity (Wildman–Crippen MR) is 114 cm³/mol. The summed E-state index contributed by atoms with van der Waals surface area (Å²) in [5.74, 6) is 0.786. The molecule has 0 aliphatic rings. The number of amides is 2. The molecule has 7 heteroatoms. The highest BCUT2D eigenvalue weighted by molar-refractivity contribution is 6.04. The average molecular weight is 405 g/mol. The molecule has 0 saturated heterocycles. The molecule has 0 fully saturated rings. The molecule has 30 heavy (non-hydrogen) atoms. The summed E-state index contributed by atoms with van der Waals surface area (Å²) >= 11 is 0. The number of hydrogen-bond acceptors (Lipinski definition) is 5. The highest BCUT2D eigenvalue weighted by atomic mass is 16.5. The quantitative estimate of drug-likeness (QED) is 0.601. The van der Waals surface area contributed by atoms with Gasteiger partial charge >= 0.3 is 0 Å². The first-order valence-electron chi connectivity index (χ1n) is 9.37. The number of anilines is 1. The second-order valence-corrected chi connectivity index (χ2v) is 6.50. The zero-order valence-corrected chi connectivity index (χ0v) is 16.8. The number of aromatic nitrogens is 1. The molecule has 2 amide bonds. The van der Waals surface area contributed by atoms with Gasteiger partial charge < -0.3 is 20.1 Å². The summed E-state index contributed by atoms with van der Waals surface area (Å²) in [6.07, 6.45) is 3.31. The van der Waals surface area contributed by atoms with Gasteiger partial charge in [0.15, 0.2) is 11.5 Å². The first kappa shape index (κ1) is 20.9. The van der Waals surface area contributed by atoms with Gasteiger partial charge in [0.1, 0.15) is 0 Å². The Kier molecular flexibility index (Phi) is 7.00. The summed E-state index contributed by atoms with van der Waals surface area (Å²) in [5.41, 5.74) is 2.71. The third-order valence-corrected chi connectivity index (χ3v) is 4.48. The summed E-state index contributed by atoms with van der Waals surface area (Å²) < 4.78 is 10.5. The van der Waals surface area contributed by atoms with Crippen molar-refractivity contribution in [3.05, 3.63) is 83.7 Å². The van der Waals surface area contributed by atoms with Crippen molar-refractivity contribution in [1.29, 1.82) is 0 Å². The molecular weight excluding hydrogens is 382 g/mol. The van der Waals surface area contributed by atoms with E-state index in [4.69, 9.17) is 9.47 Å². The van der Waals surface area contributed by atoms with E-state index < -0.39 is 0 Å². The number of rotatable bonds is 8. The van der Waals surface area contributed by atoms with Gasteiger partial charge in [0.05, 0.1) is 26.2 Å². The Morgan fingerprint density at radius 3 is 2.50 bits per heavy atom. The lowest BCUT2D eigenvalue weighted by Gasteiger charge is -2.13. The maximum Gasteiger partial charge on any atom is 0.257 e. The molecule has 0 atom stereocenters. The normalized spacial score (nSPS) is 10.2. The van der Waals surface area contributed by atoms with Crippen molar-refractivity contribution >= 4 is 17.5 Å². The summed E-state index contributed by atoms with van der Waals surface area (Å²) in [6, 6.07) is 16.1. The minimum Gasteiger partial charge on any atom is -0.493 e. The molecule has 0 aliphatic heterocycles. The van der Waals surface area contributed by atoms with E-state index >= 15 is 0 Å². The van der Waals surface area contributed by atoms with Crippen molar-refractivity contribution in [2.45, 2.75) is 13.0 Å². The van der Waals surface area contributed by atoms with Gasteiger partial charge in [-0.25, -0.2) is 0 Å². The lowest BCUT2D eigenvalue weighted by Crippen LogP contribution is -2.25. The van der Waals surface area contributed by atoms with Gasteiger partial charge in [0, 0.05) is 24.6 Å². The zero-order valence-electron chi connectivity index (χ0n) is 16.8. The van der Waals surface area contributed by atoms with Gasteiger partial charge in [-0.1, -0.05) is 24.3 Å². The zero-order chi connectivity index (χ0) is 21.3. The molecular formula is C23H23N3O4. The minimum atomic E-state index is -0.257. The molecule has 2 aromatic carbocycles. The van der Waals surface area contributed by atoms with Crippen LogP contribution in [0.3, 0.4) is 0 Å². The Bertz CT molecular complexity index is 1020. The van der Waals surface area contributed by atoms with Crippen LogP contribution in [0, 0.1) is 0 Å². The Balaban J connectivity index is 1.62. The number of ether oxygens (including phenoxy) is 2. The highest BCUT2D eigenvalue weighted by Gasteiger charge is 2.11. The van der Waals surface area contributed by atoms with Crippen molar-refractivity contribution in [2.24, 2.45) is 0 Å². The molecule has 2 N–H and O–H groups in total. The summed E-state index contributed by atoms with van der Waals surface area (Å²) in [5, 5.41) is 5.76. The highest BCUT2D eigenvalue weighted by Crippen LogP contribution is 2.27. The Labute approximate surface area is 175 Å². The van der Waals surface area contributed by atoms with Crippen LogP contribution in [0.1, 0.15) is 21.5 Å². The average Bonchev–Trinajstić information content (AvgIpc) is 2.79. The van der Waals surface area contributed by atoms with Gasteiger partial charge in [-0.2, -0.15) is 0 Å². The Morgan fingerprint density at radius 2 is 1.77 bits per heavy atom. The fraction of sp³-hybridized carbons (Fsp3) is 0.174. The molecule has 1 heterocycles. The van der Waals surface area contributed by atoms with Crippen LogP contribution in [-0.2, 0) is 17.8 Å². The maximum absolute atomic E-state index is 12.4. The van der Waals surface area contributed by atoms with Crippen molar-refractivity contribution in [2.75, 3.05) is 19.5 Å². The molecule has 0 radical (unpaired) electrons. The smallest absolute Gasteiger partial charge is 0.257 e. The van der Waals surface area contributed by atoms with E-state index in [9.17, 15) is 9.59 Å². The number of carbonyl (C=O) groups excluding carboxylic acids is 2. The molecule has 0 saturated carbocycles. The fourth-order valence-electron chi connectivity index (χ4n) is 2.92. The number of nitrogens with one attached hydrogen (secondary N) is 2. The van der Waals surface area contributed by atoms with Crippen LogP contribution in [0.5, 0.6) is 11.5 Å². The molecule has 154 valence electrons. The van der Waals surface area contributed by atoms with E-state index in [1.165, 1.54) is 6.20 Å². The van der Waals surface area contributed by atoms with Gasteiger partial charge in [-0.15, -0.1) is 0 Å². The van der Waals surface area contributed by atoms with E-state index in [1.54, 1.807) is 50.7 Å². The molecule has 0 spiro atoms. The molecule has 0 unspecified atom stereocenters. The molecule has 3 rings (SSSR count). The lowest BCUT2D eigenvalue weighted by molar-refractivity contribution is -0.120. The Morgan fingerprint density at radius 1 is 0.967 bits per heavy atom. The van der Waals surface area contributed by atoms with E-state index in [-0.39, 0.29) is 24.8 Å². The molecule has 0 bridgehead atoms. The fourth-order valence-corrected chi connectivity index (χ4v) is 2.92. The molecule has 0 aliphatic carbocycles. The van der Waals surface area contributed by atoms with Crippen LogP contribution in [0.4, 0.5) is 5.69 Å². The maximum atomic E-state index is 12.4. The monoisotopic (exact) mass is 405 g/mol. The van der Waals surface area contributed by atoms with Gasteiger partial charge in [0.25, 0.3) is 5.91 Å². The summed E-state index contributed by atoms with van der Waals surface area (Å²) in [6.45, 7) is 0.287. The minimum absolute atomic E-state index is 0.143. The standard InChI is InChI=1S/C23H23N3O4/c1-29-20-10-9-16(12-21(20)30-2)13-22(27)25-15-17-6-3-4-8-19(17)26-23(28)18-7-5-11-24-14-18/h3-12,14H,13,15H2,1-2H3,(H,25,27)(H,26,28). The second kappa shape index (κ2) is 10.1. The van der Waals surface area contributed by atoms with Crippen LogP contribution >= 0.6 is 0 Å². The van der Waals surface area contributed by atoms with E-state index in [1.807, 2.05) is 24.3 Å². The number of carbonyl (C=O) groups is 2. The molecule has 1 aromatic heterocycles. The third kappa shape index (κ3) is 5.35. The number of pyridine rings is 1. The number of methoxy groups -OCH3 is 2. The van der Waals surface area contributed by atoms with Crippen LogP contribution in [0.25, 0.3) is 0 Å². The van der Waals surface area contributed by atoms with E-state index in [0.29, 0.717) is 22.7 Å². The Hall–Kier alpha value is -3.87. The van der Waals surface area contributed by atoms with Crippen LogP contribution in [0.2, 0.25) is 0 Å². The number of para-hydroxylation sites is 1. The van der Waals surface area contributed by atoms with Crippen molar-refractivity contribution in [3.63, 3.8) is 0 Å². The molecule has 3 aromatic rings. The number of benzene rings is 2. The van der Waals surface area contributed by atoms with Crippen LogP contribution in [0.15, 0.2) is 67.0 Å². The first-order valence-corrected chi connectivity index (χ1v) is 9.37. The number of hydrogen-bond donors (Lipinski definition) is 2. The lowest BCUT2D eigenvalue weighted by atomic mass is 10.1. The predicted octanol–water partition coefficient (Wildman–Crippen LogP) is 3.21. The summed E-state index contributed by atoms with van der Waals surface area (Å²) in [4.78, 5) is 28.8. The van der Waals surface area contributed by atoms with E-state index in [2.05, 4.69) is 15.6 Å². The van der Waals surface area contributed by atoms with Crippen molar-refractivity contribution < 1.29 is 19.1 Å². The van der Waals surface area contributed by atoms with Crippen molar-refractivity contribution in [1.82, 2.24) is 10.3 Å². The van der Waals surface area contributed by atoms with Gasteiger partial charge in [-0.05, 0) is 41.5 Å².